The highest BCUT2D eigenvalue weighted by molar-refractivity contribution is 6.36. The van der Waals surface area contributed by atoms with Crippen LogP contribution in [0.1, 0.15) is 33.9 Å². The molecule has 0 saturated heterocycles. The summed E-state index contributed by atoms with van der Waals surface area (Å²) in [7, 11) is 4.02. The summed E-state index contributed by atoms with van der Waals surface area (Å²) in [5.41, 5.74) is 5.87. The smallest absolute Gasteiger partial charge is 0.199 e. The minimum Gasteiger partial charge on any atom is -0.506 e. The van der Waals surface area contributed by atoms with Crippen LogP contribution < -0.4 is 10.2 Å². The van der Waals surface area contributed by atoms with Crippen molar-refractivity contribution < 1.29 is 9.90 Å². The van der Waals surface area contributed by atoms with Crippen LogP contribution in [0.15, 0.2) is 83.4 Å². The van der Waals surface area contributed by atoms with Gasteiger partial charge in [0.15, 0.2) is 5.78 Å². The molecule has 0 radical (unpaired) electrons. The van der Waals surface area contributed by atoms with Crippen LogP contribution in [0.25, 0.3) is 5.76 Å². The second-order valence-corrected chi connectivity index (χ2v) is 8.06. The molecule has 2 N–H and O–H groups in total. The molecule has 5 rings (SSSR count). The summed E-state index contributed by atoms with van der Waals surface area (Å²) in [4.78, 5) is 20.1. The third-order valence-electron chi connectivity index (χ3n) is 5.88. The van der Waals surface area contributed by atoms with Crippen molar-refractivity contribution in [2.45, 2.75) is 12.5 Å². The van der Waals surface area contributed by atoms with Gasteiger partial charge in [0.25, 0.3) is 0 Å². The molecule has 3 aromatic carbocycles. The molecule has 31 heavy (non-hydrogen) atoms. The maximum absolute atomic E-state index is 13.2. The van der Waals surface area contributed by atoms with E-state index >= 15 is 0 Å². The standard InChI is InChI=1S/C26H23N3O2/c1-29(2)17-13-11-16(12-14-17)22-15-23(28-21-10-6-5-9-20(21)27-22)24-25(30)18-7-3-4-8-19(18)26(24)31/h3-14,22,27,30H,15H2,1-2H3. The summed E-state index contributed by atoms with van der Waals surface area (Å²) in [6, 6.07) is 23.2. The van der Waals surface area contributed by atoms with Crippen molar-refractivity contribution >= 4 is 34.3 Å². The van der Waals surface area contributed by atoms with Gasteiger partial charge in [-0.2, -0.15) is 0 Å². The van der Waals surface area contributed by atoms with Gasteiger partial charge in [-0.1, -0.05) is 48.5 Å². The SMILES string of the molecule is CN(C)c1ccc(C2CC(C3=C(O)c4ccccc4C3=O)=Nc3ccccc3N2)cc1. The Morgan fingerprint density at radius 2 is 1.61 bits per heavy atom. The van der Waals surface area contributed by atoms with Crippen molar-refractivity contribution in [2.75, 3.05) is 24.3 Å². The van der Waals surface area contributed by atoms with Crippen LogP contribution in [-0.4, -0.2) is 30.7 Å². The maximum atomic E-state index is 13.2. The molecule has 0 aromatic heterocycles. The number of anilines is 2. The monoisotopic (exact) mass is 409 g/mol. The van der Waals surface area contributed by atoms with Crippen molar-refractivity contribution in [1.29, 1.82) is 0 Å². The molecular weight excluding hydrogens is 386 g/mol. The van der Waals surface area contributed by atoms with Gasteiger partial charge in [-0.05, 0) is 29.8 Å². The average Bonchev–Trinajstić information content (AvgIpc) is 2.93. The first-order chi connectivity index (χ1) is 15.0. The van der Waals surface area contributed by atoms with Crippen molar-refractivity contribution in [1.82, 2.24) is 0 Å². The van der Waals surface area contributed by atoms with E-state index in [0.29, 0.717) is 28.8 Å². The van der Waals surface area contributed by atoms with Crippen LogP contribution in [0, 0.1) is 0 Å². The molecule has 1 atom stereocenters. The van der Waals surface area contributed by atoms with E-state index in [-0.39, 0.29) is 17.6 Å². The van der Waals surface area contributed by atoms with E-state index < -0.39 is 0 Å². The Kier molecular flexibility index (Phi) is 4.59. The lowest BCUT2D eigenvalue weighted by molar-refractivity contribution is 0.104. The molecule has 0 spiro atoms. The summed E-state index contributed by atoms with van der Waals surface area (Å²) >= 11 is 0. The number of hydrogen-bond donors (Lipinski definition) is 2. The predicted octanol–water partition coefficient (Wildman–Crippen LogP) is 5.55. The Morgan fingerprint density at radius 3 is 2.32 bits per heavy atom. The molecule has 2 aliphatic rings. The van der Waals surface area contributed by atoms with Gasteiger partial charge in [0.05, 0.1) is 28.7 Å². The van der Waals surface area contributed by atoms with E-state index in [9.17, 15) is 9.90 Å². The molecule has 0 saturated carbocycles. The second kappa shape index (κ2) is 7.43. The van der Waals surface area contributed by atoms with Crippen molar-refractivity contribution in [3.63, 3.8) is 0 Å². The number of Topliss-reactive ketones (excluding diaryl/α,β-unsaturated/α-hetero) is 1. The highest BCUT2D eigenvalue weighted by atomic mass is 16.3. The Hall–Kier alpha value is -3.86. The Labute approximate surface area is 181 Å². The highest BCUT2D eigenvalue weighted by Crippen LogP contribution is 2.39. The first-order valence-corrected chi connectivity index (χ1v) is 10.3. The number of ketones is 1. The molecule has 5 heteroatoms. The minimum atomic E-state index is -0.173. The summed E-state index contributed by atoms with van der Waals surface area (Å²) in [5, 5.41) is 14.5. The zero-order chi connectivity index (χ0) is 21.5. The topological polar surface area (TPSA) is 64.9 Å². The molecule has 1 unspecified atom stereocenters. The van der Waals surface area contributed by atoms with Gasteiger partial charge in [0, 0.05) is 37.3 Å². The van der Waals surface area contributed by atoms with Crippen LogP contribution in [-0.2, 0) is 0 Å². The Balaban J connectivity index is 1.60. The summed E-state index contributed by atoms with van der Waals surface area (Å²) < 4.78 is 0. The van der Waals surface area contributed by atoms with Crippen LogP contribution in [0.3, 0.4) is 0 Å². The van der Waals surface area contributed by atoms with E-state index in [1.54, 1.807) is 12.1 Å². The number of aliphatic hydroxyl groups excluding tert-OH is 1. The number of carbonyl (C=O) groups is 1. The third kappa shape index (κ3) is 3.28. The number of fused-ring (bicyclic) bond motifs is 2. The van der Waals surface area contributed by atoms with E-state index in [4.69, 9.17) is 4.99 Å². The number of benzene rings is 3. The first kappa shape index (κ1) is 19.1. The summed E-state index contributed by atoms with van der Waals surface area (Å²) in [6.07, 6.45) is 0.481. The number of aliphatic imine (C=N–C) groups is 1. The number of carbonyl (C=O) groups excluding carboxylic acids is 1. The van der Waals surface area contributed by atoms with Crippen molar-refractivity contribution in [3.8, 4) is 0 Å². The molecule has 154 valence electrons. The van der Waals surface area contributed by atoms with Gasteiger partial charge in [-0.25, -0.2) is 0 Å². The van der Waals surface area contributed by atoms with E-state index in [0.717, 1.165) is 22.6 Å². The predicted molar refractivity (Wildman–Crippen MR) is 126 cm³/mol. The van der Waals surface area contributed by atoms with Crippen LogP contribution >= 0.6 is 0 Å². The molecule has 3 aromatic rings. The van der Waals surface area contributed by atoms with Crippen LogP contribution in [0.5, 0.6) is 0 Å². The zero-order valence-electron chi connectivity index (χ0n) is 17.5. The second-order valence-electron chi connectivity index (χ2n) is 8.06. The number of aliphatic hydroxyl groups is 1. The van der Waals surface area contributed by atoms with Gasteiger partial charge in [-0.3, -0.25) is 9.79 Å². The molecule has 0 amide bonds. The minimum absolute atomic E-state index is 0.0143. The highest BCUT2D eigenvalue weighted by Gasteiger charge is 2.34. The number of para-hydroxylation sites is 2. The molecular formula is C26H23N3O2. The number of rotatable bonds is 3. The molecule has 1 heterocycles. The Bertz CT molecular complexity index is 1240. The largest absolute Gasteiger partial charge is 0.506 e. The number of hydrogen-bond acceptors (Lipinski definition) is 5. The third-order valence-corrected chi connectivity index (χ3v) is 5.88. The number of nitrogens with zero attached hydrogens (tertiary/aromatic N) is 2. The van der Waals surface area contributed by atoms with E-state index in [1.165, 1.54) is 0 Å². The fraction of sp³-hybridized carbons (Fsp3) is 0.154. The average molecular weight is 409 g/mol. The molecule has 1 aliphatic heterocycles. The normalized spacial score (nSPS) is 17.4. The Morgan fingerprint density at radius 1 is 0.935 bits per heavy atom. The molecule has 1 aliphatic carbocycles. The first-order valence-electron chi connectivity index (χ1n) is 10.3. The van der Waals surface area contributed by atoms with Crippen LogP contribution in [0.4, 0.5) is 17.1 Å². The maximum Gasteiger partial charge on any atom is 0.199 e. The lowest BCUT2D eigenvalue weighted by Crippen LogP contribution is -2.18. The zero-order valence-corrected chi connectivity index (χ0v) is 17.5. The van der Waals surface area contributed by atoms with Gasteiger partial charge in [0.1, 0.15) is 5.76 Å². The van der Waals surface area contributed by atoms with E-state index in [1.807, 2.05) is 50.5 Å². The van der Waals surface area contributed by atoms with Gasteiger partial charge >= 0.3 is 0 Å². The summed E-state index contributed by atoms with van der Waals surface area (Å²) in [6.45, 7) is 0. The molecule has 0 fully saturated rings. The number of nitrogens with one attached hydrogen (secondary N) is 1. The molecule has 5 nitrogen and oxygen atoms in total. The fourth-order valence-electron chi connectivity index (χ4n) is 4.21. The van der Waals surface area contributed by atoms with E-state index in [2.05, 4.69) is 34.5 Å². The molecule has 0 bridgehead atoms. The van der Waals surface area contributed by atoms with Gasteiger partial charge in [-0.15, -0.1) is 0 Å². The quantitative estimate of drug-likeness (QED) is 0.595. The fourth-order valence-corrected chi connectivity index (χ4v) is 4.21. The van der Waals surface area contributed by atoms with Gasteiger partial charge in [0.2, 0.25) is 0 Å². The van der Waals surface area contributed by atoms with Crippen LogP contribution in [0.2, 0.25) is 0 Å². The lowest BCUT2D eigenvalue weighted by Gasteiger charge is -2.21. The summed E-state index contributed by atoms with van der Waals surface area (Å²) in [5.74, 6) is -0.159. The van der Waals surface area contributed by atoms with Crippen molar-refractivity contribution in [2.24, 2.45) is 4.99 Å². The van der Waals surface area contributed by atoms with Gasteiger partial charge < -0.3 is 15.3 Å². The lowest BCUT2D eigenvalue weighted by atomic mass is 9.95. The van der Waals surface area contributed by atoms with Crippen molar-refractivity contribution in [3.05, 3.63) is 95.1 Å². The number of allylic oxidation sites excluding steroid dienone is 1.